The van der Waals surface area contributed by atoms with Gasteiger partial charge in [0.25, 0.3) is 0 Å². The van der Waals surface area contributed by atoms with Gasteiger partial charge in [-0.2, -0.15) is 0 Å². The minimum absolute atomic E-state index is 0.188. The van der Waals surface area contributed by atoms with Crippen LogP contribution >= 0.6 is 11.8 Å². The minimum atomic E-state index is -0.188. The summed E-state index contributed by atoms with van der Waals surface area (Å²) in [6, 6.07) is 8.47. The molecule has 6 heteroatoms. The van der Waals surface area contributed by atoms with Crippen molar-refractivity contribution in [3.05, 3.63) is 58.9 Å². The smallest absolute Gasteiger partial charge is 0.250 e. The molecule has 1 aliphatic heterocycles. The Balaban J connectivity index is 1.81. The number of furan rings is 1. The van der Waals surface area contributed by atoms with Crippen LogP contribution in [0.1, 0.15) is 29.2 Å². The number of amides is 1. The summed E-state index contributed by atoms with van der Waals surface area (Å²) in [7, 11) is 1.64. The molecule has 0 aliphatic carbocycles. The predicted octanol–water partition coefficient (Wildman–Crippen LogP) is 5.66. The molecular formula is C25H26N2O3S. The second kappa shape index (κ2) is 8.63. The van der Waals surface area contributed by atoms with Gasteiger partial charge in [-0.1, -0.05) is 35.5 Å². The zero-order chi connectivity index (χ0) is 22.1. The van der Waals surface area contributed by atoms with E-state index in [1.807, 2.05) is 13.8 Å². The van der Waals surface area contributed by atoms with Crippen molar-refractivity contribution in [2.24, 2.45) is 4.99 Å². The molecule has 0 radical (unpaired) electrons. The van der Waals surface area contributed by atoms with E-state index in [0.717, 1.165) is 51.1 Å². The average molecular weight is 435 g/mol. The van der Waals surface area contributed by atoms with Crippen molar-refractivity contribution in [2.45, 2.75) is 27.7 Å². The number of hydrogen-bond donors (Lipinski definition) is 1. The van der Waals surface area contributed by atoms with Crippen LogP contribution in [-0.2, 0) is 4.79 Å². The number of thioether (sulfide) groups is 1. The van der Waals surface area contributed by atoms with Crippen LogP contribution in [0.2, 0.25) is 0 Å². The number of amidine groups is 1. The van der Waals surface area contributed by atoms with E-state index >= 15 is 0 Å². The van der Waals surface area contributed by atoms with Gasteiger partial charge in [0.15, 0.2) is 5.17 Å². The average Bonchev–Trinajstić information content (AvgIpc) is 3.38. The molecule has 3 aromatic rings. The Labute approximate surface area is 186 Å². The van der Waals surface area contributed by atoms with Gasteiger partial charge in [-0.05, 0) is 50.5 Å². The number of carbonyl (C=O) groups is 1. The molecule has 0 atom stereocenters. The number of nitrogens with one attached hydrogen (secondary N) is 1. The summed E-state index contributed by atoms with van der Waals surface area (Å²) < 4.78 is 11.7. The van der Waals surface area contributed by atoms with Crippen LogP contribution in [0.3, 0.4) is 0 Å². The summed E-state index contributed by atoms with van der Waals surface area (Å²) in [6.45, 7) is 8.85. The van der Waals surface area contributed by atoms with Gasteiger partial charge >= 0.3 is 0 Å². The maximum absolute atomic E-state index is 12.5. The molecule has 2 heterocycles. The Hall–Kier alpha value is -2.99. The fraction of sp³-hybridized carbons (Fsp3) is 0.280. The molecule has 0 saturated heterocycles. The summed E-state index contributed by atoms with van der Waals surface area (Å²) in [4.78, 5) is 16.8. The number of methoxy groups -OCH3 is 1. The van der Waals surface area contributed by atoms with Crippen molar-refractivity contribution in [3.63, 3.8) is 0 Å². The fourth-order valence-corrected chi connectivity index (χ4v) is 4.75. The quantitative estimate of drug-likeness (QED) is 0.539. The lowest BCUT2D eigenvalue weighted by Gasteiger charge is -2.14. The first-order valence-corrected chi connectivity index (χ1v) is 11.2. The van der Waals surface area contributed by atoms with Crippen molar-refractivity contribution >= 4 is 39.4 Å². The Morgan fingerprint density at radius 2 is 2.03 bits per heavy atom. The first kappa shape index (κ1) is 21.2. The van der Waals surface area contributed by atoms with Gasteiger partial charge in [0, 0.05) is 33.9 Å². The van der Waals surface area contributed by atoms with E-state index in [4.69, 9.17) is 9.15 Å². The third-order valence-electron chi connectivity index (χ3n) is 5.51. The molecule has 0 unspecified atom stereocenters. The number of aliphatic imine (C=N–C) groups is 1. The molecule has 1 aliphatic rings. The number of carbonyl (C=O) groups excluding carboxylic acids is 1. The summed E-state index contributed by atoms with van der Waals surface area (Å²) in [5.74, 6) is 1.43. The van der Waals surface area contributed by atoms with E-state index in [2.05, 4.69) is 48.4 Å². The van der Waals surface area contributed by atoms with Crippen molar-refractivity contribution in [1.29, 1.82) is 0 Å². The highest BCUT2D eigenvalue weighted by Gasteiger charge is 2.20. The highest BCUT2D eigenvalue weighted by molar-refractivity contribution is 8.14. The Bertz CT molecular complexity index is 1240. The fourth-order valence-electron chi connectivity index (χ4n) is 4.02. The zero-order valence-electron chi connectivity index (χ0n) is 18.5. The highest BCUT2D eigenvalue weighted by atomic mass is 32.2. The third-order valence-corrected chi connectivity index (χ3v) is 6.40. The predicted molar refractivity (Wildman–Crippen MR) is 129 cm³/mol. The van der Waals surface area contributed by atoms with E-state index < -0.39 is 0 Å². The van der Waals surface area contributed by atoms with Gasteiger partial charge in [0.05, 0.1) is 19.9 Å². The molecule has 0 saturated carbocycles. The van der Waals surface area contributed by atoms with Crippen LogP contribution < -0.4 is 10.1 Å². The molecule has 1 N–H and O–H groups in total. The van der Waals surface area contributed by atoms with Crippen molar-refractivity contribution < 1.29 is 13.9 Å². The van der Waals surface area contributed by atoms with Gasteiger partial charge in [0.2, 0.25) is 5.91 Å². The lowest BCUT2D eigenvalue weighted by molar-refractivity contribution is -0.115. The number of benzene rings is 2. The molecule has 4 rings (SSSR count). The van der Waals surface area contributed by atoms with E-state index in [0.29, 0.717) is 10.9 Å². The number of allylic oxidation sites excluding steroid dienone is 1. The van der Waals surface area contributed by atoms with Gasteiger partial charge in [-0.15, -0.1) is 0 Å². The first-order valence-electron chi connectivity index (χ1n) is 10.2. The summed E-state index contributed by atoms with van der Waals surface area (Å²) >= 11 is 1.56. The van der Waals surface area contributed by atoms with Gasteiger partial charge in [-0.3, -0.25) is 9.79 Å². The van der Waals surface area contributed by atoms with Crippen LogP contribution in [0, 0.1) is 20.8 Å². The second-order valence-electron chi connectivity index (χ2n) is 7.78. The molecule has 1 amide bonds. The van der Waals surface area contributed by atoms with Crippen molar-refractivity contribution in [1.82, 2.24) is 5.32 Å². The molecule has 0 bridgehead atoms. The highest BCUT2D eigenvalue weighted by Crippen LogP contribution is 2.41. The van der Waals surface area contributed by atoms with Gasteiger partial charge in [0.1, 0.15) is 11.3 Å². The van der Waals surface area contributed by atoms with E-state index in [9.17, 15) is 4.79 Å². The lowest BCUT2D eigenvalue weighted by Crippen LogP contribution is -2.25. The molecule has 31 heavy (non-hydrogen) atoms. The molecule has 5 nitrogen and oxygen atoms in total. The van der Waals surface area contributed by atoms with Crippen molar-refractivity contribution in [3.8, 4) is 16.9 Å². The van der Waals surface area contributed by atoms with Crippen LogP contribution in [-0.4, -0.2) is 30.5 Å². The van der Waals surface area contributed by atoms with Gasteiger partial charge < -0.3 is 14.5 Å². The molecule has 160 valence electrons. The summed E-state index contributed by atoms with van der Waals surface area (Å²) in [5.41, 5.74) is 7.98. The van der Waals surface area contributed by atoms with E-state index in [1.54, 1.807) is 31.2 Å². The number of nitrogens with zero attached hydrogens (tertiary/aromatic N) is 1. The monoisotopic (exact) mass is 434 g/mol. The molecule has 2 aromatic carbocycles. The Kier molecular flexibility index (Phi) is 5.92. The normalized spacial score (nSPS) is 14.1. The molecular weight excluding hydrogens is 408 g/mol. The third kappa shape index (κ3) is 4.12. The topological polar surface area (TPSA) is 63.8 Å². The number of aryl methyl sites for hydroxylation is 3. The minimum Gasteiger partial charge on any atom is -0.496 e. The number of rotatable bonds is 4. The zero-order valence-corrected chi connectivity index (χ0v) is 19.3. The second-order valence-corrected chi connectivity index (χ2v) is 8.86. The lowest BCUT2D eigenvalue weighted by atomic mass is 9.94. The maximum Gasteiger partial charge on any atom is 0.250 e. The maximum atomic E-state index is 12.5. The van der Waals surface area contributed by atoms with Crippen LogP contribution in [0.5, 0.6) is 5.75 Å². The number of fused-ring (bicyclic) bond motifs is 1. The molecule has 1 aromatic heterocycles. The standard InChI is InChI=1S/C25H26N2O3S/c1-14-6-7-18(15(2)10-14)21-13-30-24-17(4)23(29-5)19(12-20(21)24)16(3)11-22(28)27-25-26-8-9-31-25/h6-7,10-13H,8-9H2,1-5H3,(H,26,27,28)/b16-11+. The molecule has 0 spiro atoms. The van der Waals surface area contributed by atoms with E-state index in [-0.39, 0.29) is 5.91 Å². The first-order chi connectivity index (χ1) is 14.9. The van der Waals surface area contributed by atoms with Crippen LogP contribution in [0.4, 0.5) is 0 Å². The van der Waals surface area contributed by atoms with Gasteiger partial charge in [-0.25, -0.2) is 0 Å². The largest absolute Gasteiger partial charge is 0.496 e. The van der Waals surface area contributed by atoms with Crippen LogP contribution in [0.25, 0.3) is 27.7 Å². The SMILES string of the molecule is COc1c(/C(C)=C/C(=O)NC2=NCCS2)cc2c(-c3ccc(C)cc3C)coc2c1C. The Morgan fingerprint density at radius 1 is 1.23 bits per heavy atom. The summed E-state index contributed by atoms with van der Waals surface area (Å²) in [5, 5.41) is 4.54. The van der Waals surface area contributed by atoms with Crippen molar-refractivity contribution in [2.75, 3.05) is 19.4 Å². The van der Waals surface area contributed by atoms with Crippen LogP contribution in [0.15, 0.2) is 46.0 Å². The molecule has 0 fully saturated rings. The number of hydrogen-bond acceptors (Lipinski definition) is 5. The summed E-state index contributed by atoms with van der Waals surface area (Å²) in [6.07, 6.45) is 3.40. The van der Waals surface area contributed by atoms with E-state index in [1.165, 1.54) is 11.1 Å². The Morgan fingerprint density at radius 3 is 2.71 bits per heavy atom. The number of ether oxygens (including phenoxy) is 1.